The van der Waals surface area contributed by atoms with E-state index in [1.807, 2.05) is 18.2 Å². The molecule has 11 nitrogen and oxygen atoms in total. The Morgan fingerprint density at radius 1 is 1.07 bits per heavy atom. The number of likely N-dealkylation sites (tertiary alicyclic amines) is 1. The number of carbonyl (C=O) groups excluding carboxylic acids is 3. The van der Waals surface area contributed by atoms with Crippen LogP contribution in [0.3, 0.4) is 0 Å². The van der Waals surface area contributed by atoms with E-state index in [0.717, 1.165) is 49.8 Å². The maximum absolute atomic E-state index is 14.1. The van der Waals surface area contributed by atoms with Gasteiger partial charge in [0.2, 0.25) is 5.91 Å². The number of benzene rings is 2. The molecule has 13 heteroatoms. The summed E-state index contributed by atoms with van der Waals surface area (Å²) in [6, 6.07) is 7.26. The molecule has 230 valence electrons. The lowest BCUT2D eigenvalue weighted by atomic mass is 9.89. The predicted molar refractivity (Wildman–Crippen MR) is 153 cm³/mol. The summed E-state index contributed by atoms with van der Waals surface area (Å²) in [7, 11) is 1.30. The summed E-state index contributed by atoms with van der Waals surface area (Å²) in [5.41, 5.74) is 1.38. The van der Waals surface area contributed by atoms with E-state index < -0.39 is 41.3 Å². The van der Waals surface area contributed by atoms with Gasteiger partial charge in [-0.3, -0.25) is 4.79 Å². The molecule has 1 fully saturated rings. The second-order valence-electron chi connectivity index (χ2n) is 10.5. The van der Waals surface area contributed by atoms with Gasteiger partial charge in [-0.2, -0.15) is 0 Å². The van der Waals surface area contributed by atoms with Crippen LogP contribution in [0.25, 0.3) is 0 Å². The number of anilines is 1. The second kappa shape index (κ2) is 14.2. The molecule has 0 saturated carbocycles. The van der Waals surface area contributed by atoms with Gasteiger partial charge in [0.05, 0.1) is 17.9 Å². The molecule has 1 saturated heterocycles. The van der Waals surface area contributed by atoms with Crippen LogP contribution in [-0.2, 0) is 14.3 Å². The maximum atomic E-state index is 14.1. The molecular formula is C30H35F2N5O6. The van der Waals surface area contributed by atoms with Crippen molar-refractivity contribution in [3.63, 3.8) is 0 Å². The van der Waals surface area contributed by atoms with E-state index in [4.69, 9.17) is 4.74 Å². The average molecular weight is 600 g/mol. The third kappa shape index (κ3) is 7.73. The number of aliphatic carboxylic acids is 1. The van der Waals surface area contributed by atoms with E-state index in [-0.39, 0.29) is 30.3 Å². The van der Waals surface area contributed by atoms with Crippen molar-refractivity contribution in [2.75, 3.05) is 45.2 Å². The number of hydrogen-bond donors (Lipinski definition) is 4. The highest BCUT2D eigenvalue weighted by Crippen LogP contribution is 2.35. The Morgan fingerprint density at radius 3 is 2.47 bits per heavy atom. The summed E-state index contributed by atoms with van der Waals surface area (Å²) in [5.74, 6) is -3.60. The van der Waals surface area contributed by atoms with Crippen LogP contribution in [0.5, 0.6) is 0 Å². The first-order valence-corrected chi connectivity index (χ1v) is 14.0. The fourth-order valence-corrected chi connectivity index (χ4v) is 5.53. The first-order valence-electron chi connectivity index (χ1n) is 14.0. The van der Waals surface area contributed by atoms with Crippen LogP contribution in [0.1, 0.15) is 49.3 Å². The summed E-state index contributed by atoms with van der Waals surface area (Å²) in [4.78, 5) is 52.8. The minimum absolute atomic E-state index is 0.0830. The van der Waals surface area contributed by atoms with Crippen molar-refractivity contribution in [2.45, 2.75) is 38.1 Å². The SMILES string of the molecule is COCC1=C(C(=O)O)C(c2ccc(F)c(F)c2)N(C(=O)NCCCN2CCC(c3cccc(NC(C)=O)c3)CC2)C(=O)N1. The lowest BCUT2D eigenvalue weighted by Crippen LogP contribution is -2.55. The molecule has 2 aliphatic rings. The van der Waals surface area contributed by atoms with Crippen molar-refractivity contribution >= 4 is 29.6 Å². The smallest absolute Gasteiger partial charge is 0.335 e. The topological polar surface area (TPSA) is 140 Å². The van der Waals surface area contributed by atoms with E-state index >= 15 is 0 Å². The lowest BCUT2D eigenvalue weighted by Gasteiger charge is -2.36. The molecule has 0 aliphatic carbocycles. The van der Waals surface area contributed by atoms with E-state index in [2.05, 4.69) is 26.9 Å². The van der Waals surface area contributed by atoms with E-state index in [9.17, 15) is 33.1 Å². The Balaban J connectivity index is 1.36. The van der Waals surface area contributed by atoms with Gasteiger partial charge < -0.3 is 30.7 Å². The molecule has 2 aromatic carbocycles. The number of amides is 5. The molecule has 2 heterocycles. The van der Waals surface area contributed by atoms with Crippen LogP contribution in [0.15, 0.2) is 53.7 Å². The van der Waals surface area contributed by atoms with Crippen molar-refractivity contribution in [1.29, 1.82) is 0 Å². The Kier molecular flexibility index (Phi) is 10.4. The van der Waals surface area contributed by atoms with Crippen LogP contribution >= 0.6 is 0 Å². The molecule has 4 N–H and O–H groups in total. The van der Waals surface area contributed by atoms with Crippen molar-refractivity contribution in [3.05, 3.63) is 76.5 Å². The van der Waals surface area contributed by atoms with Crippen molar-refractivity contribution in [3.8, 4) is 0 Å². The molecular weight excluding hydrogens is 564 g/mol. The van der Waals surface area contributed by atoms with Gasteiger partial charge in [-0.15, -0.1) is 0 Å². The Bertz CT molecular complexity index is 1410. The van der Waals surface area contributed by atoms with Gasteiger partial charge in [-0.1, -0.05) is 18.2 Å². The van der Waals surface area contributed by atoms with E-state index in [1.54, 1.807) is 0 Å². The monoisotopic (exact) mass is 599 g/mol. The third-order valence-electron chi connectivity index (χ3n) is 7.52. The van der Waals surface area contributed by atoms with Gasteiger partial charge in [0, 0.05) is 26.3 Å². The number of methoxy groups -OCH3 is 1. The van der Waals surface area contributed by atoms with Gasteiger partial charge >= 0.3 is 18.0 Å². The standard InChI is InChI=1S/C30H35F2N5O6/c1-18(38)34-22-6-3-5-20(15-22)19-9-13-36(14-10-19)12-4-11-33-29(41)37-27(21-7-8-23(31)24(32)16-21)26(28(39)40)25(17-43-2)35-30(37)42/h3,5-8,15-16,19,27H,4,9-14,17H2,1-2H3,(H,33,41)(H,34,38)(H,35,42)(H,39,40). The molecule has 1 atom stereocenters. The summed E-state index contributed by atoms with van der Waals surface area (Å²) >= 11 is 0. The highest BCUT2D eigenvalue weighted by atomic mass is 19.2. The summed E-state index contributed by atoms with van der Waals surface area (Å²) in [6.45, 7) is 3.79. The van der Waals surface area contributed by atoms with E-state index in [1.165, 1.54) is 19.6 Å². The predicted octanol–water partition coefficient (Wildman–Crippen LogP) is 3.95. The minimum atomic E-state index is -1.52. The molecule has 0 aromatic heterocycles. The summed E-state index contributed by atoms with van der Waals surface area (Å²) in [5, 5.41) is 17.8. The largest absolute Gasteiger partial charge is 0.478 e. The summed E-state index contributed by atoms with van der Waals surface area (Å²) < 4.78 is 32.8. The first-order chi connectivity index (χ1) is 20.6. The van der Waals surface area contributed by atoms with Crippen molar-refractivity contribution in [2.24, 2.45) is 0 Å². The number of ether oxygens (including phenoxy) is 1. The Morgan fingerprint density at radius 2 is 1.81 bits per heavy atom. The molecule has 0 bridgehead atoms. The highest BCUT2D eigenvalue weighted by Gasteiger charge is 2.42. The molecule has 4 rings (SSSR count). The Labute approximate surface area is 247 Å². The molecule has 2 aliphatic heterocycles. The quantitative estimate of drug-likeness (QED) is 0.303. The molecule has 5 amide bonds. The van der Waals surface area contributed by atoms with Crippen molar-refractivity contribution < 1.29 is 37.8 Å². The number of nitrogens with one attached hydrogen (secondary N) is 3. The lowest BCUT2D eigenvalue weighted by molar-refractivity contribution is -0.133. The van der Waals surface area contributed by atoms with Gasteiger partial charge in [0.25, 0.3) is 0 Å². The average Bonchev–Trinajstić information content (AvgIpc) is 2.96. The number of rotatable bonds is 10. The van der Waals surface area contributed by atoms with Crippen LogP contribution in [0, 0.1) is 11.6 Å². The summed E-state index contributed by atoms with van der Waals surface area (Å²) in [6.07, 6.45) is 2.44. The van der Waals surface area contributed by atoms with Gasteiger partial charge in [0.15, 0.2) is 11.6 Å². The molecule has 2 aromatic rings. The normalized spacial score (nSPS) is 17.9. The number of imide groups is 1. The highest BCUT2D eigenvalue weighted by molar-refractivity contribution is 6.01. The number of halogens is 2. The number of piperidine rings is 1. The molecule has 0 spiro atoms. The number of urea groups is 2. The second-order valence-corrected chi connectivity index (χ2v) is 10.5. The van der Waals surface area contributed by atoms with Crippen LogP contribution < -0.4 is 16.0 Å². The van der Waals surface area contributed by atoms with Crippen LogP contribution in [-0.4, -0.2) is 78.7 Å². The van der Waals surface area contributed by atoms with Crippen LogP contribution in [0.4, 0.5) is 24.1 Å². The van der Waals surface area contributed by atoms with Crippen LogP contribution in [0.2, 0.25) is 0 Å². The molecule has 43 heavy (non-hydrogen) atoms. The van der Waals surface area contributed by atoms with Gasteiger partial charge in [-0.05, 0) is 80.2 Å². The van der Waals surface area contributed by atoms with E-state index in [0.29, 0.717) is 23.8 Å². The minimum Gasteiger partial charge on any atom is -0.478 e. The number of hydrogen-bond acceptors (Lipinski definition) is 6. The van der Waals surface area contributed by atoms with Gasteiger partial charge in [-0.25, -0.2) is 28.1 Å². The zero-order valence-electron chi connectivity index (χ0n) is 24.0. The zero-order valence-corrected chi connectivity index (χ0v) is 24.0. The number of nitrogens with zero attached hydrogens (tertiary/aromatic N) is 2. The first kappa shape index (κ1) is 31.6. The third-order valence-corrected chi connectivity index (χ3v) is 7.52. The fraction of sp³-hybridized carbons (Fsp3) is 0.400. The maximum Gasteiger partial charge on any atom is 0.335 e. The molecule has 0 radical (unpaired) electrons. The number of carboxylic acid groups (broad SMARTS) is 1. The molecule has 1 unspecified atom stereocenters. The van der Waals surface area contributed by atoms with Crippen molar-refractivity contribution in [1.82, 2.24) is 20.4 Å². The fourth-order valence-electron chi connectivity index (χ4n) is 5.53. The van der Waals surface area contributed by atoms with Gasteiger partial charge in [0.1, 0.15) is 6.04 Å². The number of carboxylic acids is 1. The number of carbonyl (C=O) groups is 4. The Hall–Kier alpha value is -4.36. The zero-order chi connectivity index (χ0) is 31.1.